The Morgan fingerprint density at radius 1 is 1.44 bits per heavy atom. The minimum Gasteiger partial charge on any atom is -0.598 e. The van der Waals surface area contributed by atoms with Gasteiger partial charge in [0.1, 0.15) is 21.8 Å². The van der Waals surface area contributed by atoms with Gasteiger partial charge in [0.05, 0.1) is 26.7 Å². The van der Waals surface area contributed by atoms with E-state index in [1.165, 1.54) is 7.11 Å². The lowest BCUT2D eigenvalue weighted by Crippen LogP contribution is -2.54. The molecule has 0 fully saturated rings. The Labute approximate surface area is 152 Å². The molecule has 0 saturated heterocycles. The van der Waals surface area contributed by atoms with E-state index in [2.05, 4.69) is 4.72 Å². The molecule has 0 amide bonds. The molecule has 0 spiro atoms. The largest absolute Gasteiger partial charge is 0.598 e. The van der Waals surface area contributed by atoms with E-state index in [1.54, 1.807) is 0 Å². The summed E-state index contributed by atoms with van der Waals surface area (Å²) in [6.07, 6.45) is 0.598. The van der Waals surface area contributed by atoms with Gasteiger partial charge in [0.2, 0.25) is 0 Å². The van der Waals surface area contributed by atoms with Gasteiger partial charge in [0, 0.05) is 29.4 Å². The Morgan fingerprint density at radius 3 is 2.76 bits per heavy atom. The van der Waals surface area contributed by atoms with E-state index in [9.17, 15) is 9.35 Å². The third-order valence-electron chi connectivity index (χ3n) is 4.08. The lowest BCUT2D eigenvalue weighted by atomic mass is 9.82. The number of carbonyl (C=O) groups is 1. The average Bonchev–Trinajstić information content (AvgIpc) is 2.54. The number of methoxy groups -OCH3 is 1. The molecule has 6 nitrogen and oxygen atoms in total. The highest BCUT2D eigenvalue weighted by atomic mass is 32.2. The van der Waals surface area contributed by atoms with Crippen molar-refractivity contribution in [2.75, 3.05) is 20.3 Å². The highest BCUT2D eigenvalue weighted by Gasteiger charge is 2.46. The van der Waals surface area contributed by atoms with Crippen molar-refractivity contribution in [2.45, 2.75) is 50.8 Å². The van der Waals surface area contributed by atoms with Crippen LogP contribution >= 0.6 is 0 Å². The topological polar surface area (TPSA) is 79.9 Å². The summed E-state index contributed by atoms with van der Waals surface area (Å²) in [4.78, 5) is 12.1. The molecule has 0 aromatic heterocycles. The average molecular weight is 369 g/mol. The van der Waals surface area contributed by atoms with Gasteiger partial charge in [0.25, 0.3) is 0 Å². The second-order valence-corrected chi connectivity index (χ2v) is 8.97. The van der Waals surface area contributed by atoms with E-state index in [0.717, 1.165) is 5.56 Å². The number of benzene rings is 1. The van der Waals surface area contributed by atoms with E-state index in [4.69, 9.17) is 14.2 Å². The molecule has 140 valence electrons. The zero-order chi connectivity index (χ0) is 18.7. The van der Waals surface area contributed by atoms with Gasteiger partial charge in [0.15, 0.2) is 0 Å². The number of esters is 1. The molecule has 2 rings (SSSR count). The summed E-state index contributed by atoms with van der Waals surface area (Å²) in [5, 5.41) is 0. The molecule has 25 heavy (non-hydrogen) atoms. The van der Waals surface area contributed by atoms with E-state index >= 15 is 0 Å². The first-order valence-corrected chi connectivity index (χ1v) is 9.53. The summed E-state index contributed by atoms with van der Waals surface area (Å²) < 4.78 is 31.7. The van der Waals surface area contributed by atoms with Gasteiger partial charge in [-0.15, -0.1) is 4.72 Å². The summed E-state index contributed by atoms with van der Waals surface area (Å²) >= 11 is -1.35. The second-order valence-electron chi connectivity index (χ2n) is 7.01. The number of rotatable bonds is 6. The molecule has 7 heteroatoms. The summed E-state index contributed by atoms with van der Waals surface area (Å²) in [5.74, 6) is 0.978. The Morgan fingerprint density at radius 2 is 2.16 bits per heavy atom. The van der Waals surface area contributed by atoms with Crippen LogP contribution in [-0.2, 0) is 26.4 Å². The Bertz CT molecular complexity index is 616. The fourth-order valence-electron chi connectivity index (χ4n) is 2.72. The molecule has 0 radical (unpaired) electrons. The van der Waals surface area contributed by atoms with Crippen molar-refractivity contribution in [3.63, 3.8) is 0 Å². The van der Waals surface area contributed by atoms with Crippen LogP contribution in [0.15, 0.2) is 18.2 Å². The number of hydrogen-bond acceptors (Lipinski definition) is 6. The van der Waals surface area contributed by atoms with Crippen LogP contribution in [0, 0.1) is 0 Å². The molecule has 1 aromatic carbocycles. The number of nitrogens with one attached hydrogen (secondary N) is 1. The van der Waals surface area contributed by atoms with Gasteiger partial charge < -0.3 is 18.8 Å². The minimum absolute atomic E-state index is 0.0790. The SMILES string of the molecule is CCOc1ccc2c(c1)OCC[C@@]2(CC(=O)OC)N[S+]([O-])C(C)(C)C. The first-order chi connectivity index (χ1) is 11.7. The molecule has 1 aromatic rings. The summed E-state index contributed by atoms with van der Waals surface area (Å²) in [6, 6.07) is 5.52. The lowest BCUT2D eigenvalue weighted by Gasteiger charge is -2.40. The molecule has 1 aliphatic rings. The molecule has 0 aliphatic carbocycles. The lowest BCUT2D eigenvalue weighted by molar-refractivity contribution is -0.142. The van der Waals surface area contributed by atoms with Crippen molar-refractivity contribution < 1.29 is 23.6 Å². The van der Waals surface area contributed by atoms with E-state index in [-0.39, 0.29) is 12.4 Å². The second kappa shape index (κ2) is 7.85. The van der Waals surface area contributed by atoms with Crippen LogP contribution in [0.2, 0.25) is 0 Å². The third-order valence-corrected chi connectivity index (χ3v) is 5.77. The van der Waals surface area contributed by atoms with Gasteiger partial charge in [-0.3, -0.25) is 4.79 Å². The molecule has 1 heterocycles. The van der Waals surface area contributed by atoms with Crippen molar-refractivity contribution in [1.82, 2.24) is 4.72 Å². The van der Waals surface area contributed by atoms with E-state index in [1.807, 2.05) is 45.9 Å². The van der Waals surface area contributed by atoms with Gasteiger partial charge >= 0.3 is 5.97 Å². The summed E-state index contributed by atoms with van der Waals surface area (Å²) in [7, 11) is 1.36. The van der Waals surface area contributed by atoms with E-state index in [0.29, 0.717) is 31.1 Å². The molecule has 0 bridgehead atoms. The highest BCUT2D eigenvalue weighted by Crippen LogP contribution is 2.42. The predicted octanol–water partition coefficient (Wildman–Crippen LogP) is 2.68. The van der Waals surface area contributed by atoms with Gasteiger partial charge in [-0.1, -0.05) is 0 Å². The van der Waals surface area contributed by atoms with Crippen molar-refractivity contribution >= 4 is 17.3 Å². The standard InChI is InChI=1S/C18H27NO5S/c1-6-23-13-7-8-14-15(11-13)24-10-9-18(14,12-16(20)22-5)19-25(21)17(2,3)4/h7-8,11,19H,6,9-10,12H2,1-5H3/t18-,25?/m0/s1. The van der Waals surface area contributed by atoms with Crippen LogP contribution in [0.1, 0.15) is 46.1 Å². The van der Waals surface area contributed by atoms with Crippen molar-refractivity contribution in [1.29, 1.82) is 0 Å². The molecule has 2 atom stereocenters. The van der Waals surface area contributed by atoms with Crippen LogP contribution in [0.3, 0.4) is 0 Å². The molecule has 1 unspecified atom stereocenters. The smallest absolute Gasteiger partial charge is 0.307 e. The number of hydrogen-bond donors (Lipinski definition) is 1. The Balaban J connectivity index is 2.44. The van der Waals surface area contributed by atoms with E-state index < -0.39 is 21.6 Å². The zero-order valence-corrected chi connectivity index (χ0v) is 16.3. The maximum Gasteiger partial charge on any atom is 0.307 e. The first-order valence-electron chi connectivity index (χ1n) is 8.38. The molecular formula is C18H27NO5S. The quantitative estimate of drug-likeness (QED) is 0.613. The van der Waals surface area contributed by atoms with Gasteiger partial charge in [-0.2, -0.15) is 0 Å². The molecule has 1 N–H and O–H groups in total. The van der Waals surface area contributed by atoms with Crippen molar-refractivity contribution in [2.24, 2.45) is 0 Å². The number of fused-ring (bicyclic) bond motifs is 1. The fraction of sp³-hybridized carbons (Fsp3) is 0.611. The van der Waals surface area contributed by atoms with Crippen molar-refractivity contribution in [3.05, 3.63) is 23.8 Å². The first kappa shape index (κ1) is 19.9. The zero-order valence-electron chi connectivity index (χ0n) is 15.5. The molecule has 0 saturated carbocycles. The summed E-state index contributed by atoms with van der Waals surface area (Å²) in [5.41, 5.74) is -0.00554. The van der Waals surface area contributed by atoms with Crippen molar-refractivity contribution in [3.8, 4) is 11.5 Å². The van der Waals surface area contributed by atoms with Crippen LogP contribution < -0.4 is 14.2 Å². The van der Waals surface area contributed by atoms with Crippen LogP contribution in [-0.4, -0.2) is 35.6 Å². The Hall–Kier alpha value is -1.44. The maximum absolute atomic E-state index is 12.8. The van der Waals surface area contributed by atoms with Crippen LogP contribution in [0.4, 0.5) is 0 Å². The van der Waals surface area contributed by atoms with Gasteiger partial charge in [-0.05, 0) is 39.8 Å². The number of ether oxygens (including phenoxy) is 3. The minimum atomic E-state index is -1.35. The predicted molar refractivity (Wildman–Crippen MR) is 97.1 cm³/mol. The van der Waals surface area contributed by atoms with Crippen LogP contribution in [0.5, 0.6) is 11.5 Å². The number of carbonyl (C=O) groups excluding carboxylic acids is 1. The molecule has 1 aliphatic heterocycles. The van der Waals surface area contributed by atoms with Gasteiger partial charge in [-0.25, -0.2) is 0 Å². The molecular weight excluding hydrogens is 342 g/mol. The third kappa shape index (κ3) is 4.59. The highest BCUT2D eigenvalue weighted by molar-refractivity contribution is 7.90. The fourth-order valence-corrected chi connectivity index (χ4v) is 3.66. The normalized spacial score (nSPS) is 21.0. The Kier molecular flexibility index (Phi) is 6.24. The maximum atomic E-state index is 12.8. The van der Waals surface area contributed by atoms with Crippen LogP contribution in [0.25, 0.3) is 0 Å². The summed E-state index contributed by atoms with van der Waals surface area (Å²) in [6.45, 7) is 8.54. The monoisotopic (exact) mass is 369 g/mol.